The number of thiophene rings is 1. The van der Waals surface area contributed by atoms with E-state index in [-0.39, 0.29) is 0 Å². The van der Waals surface area contributed by atoms with Crippen LogP contribution in [0.1, 0.15) is 0 Å². The van der Waals surface area contributed by atoms with Crippen LogP contribution in [0.3, 0.4) is 0 Å². The summed E-state index contributed by atoms with van der Waals surface area (Å²) in [5, 5.41) is 12.9. The third-order valence-electron chi connectivity index (χ3n) is 11.0. The van der Waals surface area contributed by atoms with E-state index in [1.165, 1.54) is 85.5 Å². The van der Waals surface area contributed by atoms with Gasteiger partial charge in [-0.05, 0) is 108 Å². The van der Waals surface area contributed by atoms with Crippen LogP contribution in [0.2, 0.25) is 0 Å². The molecule has 1 aromatic heterocycles. The Morgan fingerprint density at radius 1 is 0.315 bits per heavy atom. The third kappa shape index (κ3) is 4.92. The van der Waals surface area contributed by atoms with Crippen molar-refractivity contribution in [1.29, 1.82) is 0 Å². The molecule has 11 rings (SSSR count). The van der Waals surface area contributed by atoms with Gasteiger partial charge < -0.3 is 4.90 Å². The summed E-state index contributed by atoms with van der Waals surface area (Å²) in [5.41, 5.74) is 8.26. The van der Waals surface area contributed by atoms with E-state index >= 15 is 0 Å². The highest BCUT2D eigenvalue weighted by atomic mass is 32.1. The number of hydrogen-bond acceptors (Lipinski definition) is 2. The van der Waals surface area contributed by atoms with Gasteiger partial charge in [0.2, 0.25) is 0 Å². The standard InChI is InChI=1S/C52H33NS/c1-2-11-34(12-3-1)35-23-27-39(28-24-35)53(48-19-10-18-45-43(48)31-32-50-52(45)46-17-8-9-20-49(46)54-50)40-29-25-37(26-30-40)47-33-38-22-21-36-13-4-5-14-41(36)51(38)44-16-7-6-15-42(44)47/h1-33H. The Balaban J connectivity index is 1.09. The van der Waals surface area contributed by atoms with Gasteiger partial charge in [-0.3, -0.25) is 0 Å². The Labute approximate surface area is 317 Å². The van der Waals surface area contributed by atoms with Crippen molar-refractivity contribution in [3.63, 3.8) is 0 Å². The summed E-state index contributed by atoms with van der Waals surface area (Å²) in [4.78, 5) is 2.42. The molecule has 54 heavy (non-hydrogen) atoms. The molecule has 0 N–H and O–H groups in total. The molecule has 0 aliphatic rings. The van der Waals surface area contributed by atoms with Crippen LogP contribution in [-0.4, -0.2) is 0 Å². The minimum absolute atomic E-state index is 1.12. The lowest BCUT2D eigenvalue weighted by Crippen LogP contribution is -2.10. The van der Waals surface area contributed by atoms with Crippen LogP contribution < -0.4 is 4.90 Å². The van der Waals surface area contributed by atoms with E-state index < -0.39 is 0 Å². The molecule has 11 aromatic rings. The first kappa shape index (κ1) is 30.8. The lowest BCUT2D eigenvalue weighted by molar-refractivity contribution is 1.30. The molecule has 0 unspecified atom stereocenters. The molecule has 0 aliphatic heterocycles. The van der Waals surface area contributed by atoms with Crippen LogP contribution in [0, 0.1) is 0 Å². The van der Waals surface area contributed by atoms with Gasteiger partial charge in [0, 0.05) is 36.9 Å². The minimum atomic E-state index is 1.12. The first-order valence-corrected chi connectivity index (χ1v) is 19.3. The zero-order valence-electron chi connectivity index (χ0n) is 29.4. The maximum Gasteiger partial charge on any atom is 0.0540 e. The number of benzene rings is 10. The number of fused-ring (bicyclic) bond motifs is 10. The van der Waals surface area contributed by atoms with Gasteiger partial charge in [-0.1, -0.05) is 152 Å². The van der Waals surface area contributed by atoms with Crippen molar-refractivity contribution in [3.05, 3.63) is 200 Å². The summed E-state index contributed by atoms with van der Waals surface area (Å²) < 4.78 is 2.64. The molecule has 0 spiro atoms. The number of hydrogen-bond donors (Lipinski definition) is 0. The van der Waals surface area contributed by atoms with E-state index in [9.17, 15) is 0 Å². The quantitative estimate of drug-likeness (QED) is 0.161. The summed E-state index contributed by atoms with van der Waals surface area (Å²) in [6, 6.07) is 73.4. The average molecular weight is 704 g/mol. The van der Waals surface area contributed by atoms with Crippen LogP contribution in [0.4, 0.5) is 17.1 Å². The fraction of sp³-hybridized carbons (Fsp3) is 0. The van der Waals surface area contributed by atoms with E-state index in [1.807, 2.05) is 11.3 Å². The van der Waals surface area contributed by atoms with Gasteiger partial charge in [-0.25, -0.2) is 0 Å². The molecule has 252 valence electrons. The Bertz CT molecular complexity index is 3190. The van der Waals surface area contributed by atoms with Gasteiger partial charge in [-0.2, -0.15) is 0 Å². The number of nitrogens with zero attached hydrogens (tertiary/aromatic N) is 1. The van der Waals surface area contributed by atoms with Gasteiger partial charge in [0.1, 0.15) is 0 Å². The summed E-state index contributed by atoms with van der Waals surface area (Å²) >= 11 is 1.87. The van der Waals surface area contributed by atoms with Crippen LogP contribution in [0.5, 0.6) is 0 Å². The summed E-state index contributed by atoms with van der Waals surface area (Å²) in [7, 11) is 0. The molecule has 10 aromatic carbocycles. The van der Waals surface area contributed by atoms with Gasteiger partial charge in [0.05, 0.1) is 5.69 Å². The van der Waals surface area contributed by atoms with Crippen molar-refractivity contribution in [2.75, 3.05) is 4.90 Å². The van der Waals surface area contributed by atoms with Crippen molar-refractivity contribution in [2.45, 2.75) is 0 Å². The molecule has 0 aliphatic carbocycles. The van der Waals surface area contributed by atoms with Gasteiger partial charge in [0.25, 0.3) is 0 Å². The van der Waals surface area contributed by atoms with Gasteiger partial charge in [0.15, 0.2) is 0 Å². The zero-order valence-corrected chi connectivity index (χ0v) is 30.2. The highest BCUT2D eigenvalue weighted by molar-refractivity contribution is 7.26. The molecule has 0 fully saturated rings. The highest BCUT2D eigenvalue weighted by Crippen LogP contribution is 2.45. The van der Waals surface area contributed by atoms with Crippen molar-refractivity contribution < 1.29 is 0 Å². The second-order valence-corrected chi connectivity index (χ2v) is 15.1. The van der Waals surface area contributed by atoms with Crippen LogP contribution in [-0.2, 0) is 0 Å². The van der Waals surface area contributed by atoms with Crippen LogP contribution >= 0.6 is 11.3 Å². The maximum absolute atomic E-state index is 2.42. The predicted octanol–water partition coefficient (Wildman–Crippen LogP) is 15.5. The topological polar surface area (TPSA) is 3.24 Å². The van der Waals surface area contributed by atoms with Gasteiger partial charge >= 0.3 is 0 Å². The van der Waals surface area contributed by atoms with Crippen molar-refractivity contribution in [1.82, 2.24) is 0 Å². The zero-order chi connectivity index (χ0) is 35.6. The molecule has 0 radical (unpaired) electrons. The third-order valence-corrected chi connectivity index (χ3v) is 12.2. The molecule has 0 saturated carbocycles. The van der Waals surface area contributed by atoms with E-state index in [0.29, 0.717) is 0 Å². The Morgan fingerprint density at radius 2 is 0.907 bits per heavy atom. The Hall–Kier alpha value is -6.74. The highest BCUT2D eigenvalue weighted by Gasteiger charge is 2.19. The van der Waals surface area contributed by atoms with E-state index in [1.54, 1.807) is 0 Å². The monoisotopic (exact) mass is 703 g/mol. The number of rotatable bonds is 5. The van der Waals surface area contributed by atoms with E-state index in [2.05, 4.69) is 205 Å². The molecule has 1 nitrogen and oxygen atoms in total. The maximum atomic E-state index is 2.42. The fourth-order valence-electron chi connectivity index (χ4n) is 8.53. The second-order valence-electron chi connectivity index (χ2n) is 14.1. The first-order valence-electron chi connectivity index (χ1n) is 18.5. The van der Waals surface area contributed by atoms with E-state index in [0.717, 1.165) is 17.1 Å². The van der Waals surface area contributed by atoms with Crippen molar-refractivity contribution in [2.24, 2.45) is 0 Å². The predicted molar refractivity (Wildman–Crippen MR) is 235 cm³/mol. The summed E-state index contributed by atoms with van der Waals surface area (Å²) in [5.74, 6) is 0. The largest absolute Gasteiger partial charge is 0.310 e. The molecular formula is C52H33NS. The normalized spacial score (nSPS) is 11.7. The van der Waals surface area contributed by atoms with Crippen molar-refractivity contribution >= 4 is 91.7 Å². The Kier molecular flexibility index (Phi) is 7.11. The molecular weight excluding hydrogens is 671 g/mol. The van der Waals surface area contributed by atoms with Gasteiger partial charge in [-0.15, -0.1) is 11.3 Å². The second kappa shape index (κ2) is 12.4. The molecule has 0 bridgehead atoms. The molecule has 0 amide bonds. The van der Waals surface area contributed by atoms with Crippen molar-refractivity contribution in [3.8, 4) is 22.3 Å². The molecule has 0 atom stereocenters. The number of anilines is 3. The summed E-state index contributed by atoms with van der Waals surface area (Å²) in [6.45, 7) is 0. The minimum Gasteiger partial charge on any atom is -0.310 e. The summed E-state index contributed by atoms with van der Waals surface area (Å²) in [6.07, 6.45) is 0. The van der Waals surface area contributed by atoms with Crippen LogP contribution in [0.15, 0.2) is 200 Å². The molecule has 1 heterocycles. The van der Waals surface area contributed by atoms with Crippen LogP contribution in [0.25, 0.3) is 85.5 Å². The lowest BCUT2D eigenvalue weighted by atomic mass is 9.90. The Morgan fingerprint density at radius 3 is 1.70 bits per heavy atom. The lowest BCUT2D eigenvalue weighted by Gasteiger charge is -2.27. The fourth-order valence-corrected chi connectivity index (χ4v) is 9.65. The first-order chi connectivity index (χ1) is 26.8. The molecule has 0 saturated heterocycles. The molecule has 2 heteroatoms. The average Bonchev–Trinajstić information content (AvgIpc) is 3.64. The smallest absolute Gasteiger partial charge is 0.0540 e. The van der Waals surface area contributed by atoms with E-state index in [4.69, 9.17) is 0 Å². The SMILES string of the molecule is c1ccc(-c2ccc(N(c3ccc(-c4cc5ccc6ccccc6c5c5ccccc45)cc3)c3cccc4c3ccc3sc5ccccc5c34)cc2)cc1.